The molecule has 0 saturated carbocycles. The van der Waals surface area contributed by atoms with Crippen molar-refractivity contribution in [3.63, 3.8) is 0 Å². The molecule has 0 radical (unpaired) electrons. The summed E-state index contributed by atoms with van der Waals surface area (Å²) in [5.74, 6) is 2.33. The number of para-hydroxylation sites is 3. The molecule has 9 aromatic rings. The van der Waals surface area contributed by atoms with E-state index in [1.54, 1.807) is 94.1 Å². The van der Waals surface area contributed by atoms with Crippen molar-refractivity contribution in [2.75, 3.05) is 79.8 Å². The summed E-state index contributed by atoms with van der Waals surface area (Å²) in [6.07, 6.45) is 0. The fraction of sp³-hybridized carbons (Fsp3) is 0.111. The van der Waals surface area contributed by atoms with Crippen LogP contribution >= 0.6 is 0 Å². The third-order valence-electron chi connectivity index (χ3n) is 10.3. The van der Waals surface area contributed by atoms with Gasteiger partial charge in [-0.2, -0.15) is 44.9 Å². The topological polar surface area (TPSA) is 298 Å². The van der Waals surface area contributed by atoms with Crippen LogP contribution in [0.2, 0.25) is 0 Å². The number of nitrogens with one attached hydrogen (secondary N) is 7. The van der Waals surface area contributed by atoms with Gasteiger partial charge in [-0.05, 0) is 103 Å². The Morgan fingerprint density at radius 2 is 0.654 bits per heavy atom. The molecule has 6 aromatic carbocycles. The van der Waals surface area contributed by atoms with Crippen molar-refractivity contribution in [1.82, 2.24) is 44.9 Å². The van der Waals surface area contributed by atoms with E-state index < -0.39 is 0 Å². The van der Waals surface area contributed by atoms with Gasteiger partial charge in [0, 0.05) is 40.8 Å². The minimum Gasteiger partial charge on any atom is -0.497 e. The number of nitrogens with zero attached hydrogens (tertiary/aromatic N) is 9. The number of ether oxygens (including phenoxy) is 5. The average molecular weight is 1050 g/mol. The standard InChI is InChI=1S/C18H18N6O2.2C18H17N5O3/c1-19-16-22-17(20-13-6-4-3-5-7-13)24-18(23-16)21-15(25)12-8-10-14(26-2)11-9-12;1-25-14-10-6-7-12(11-14)15(24)20-17-21-16(22-18(23-17)26-2)19-13-8-4-3-5-9-13;1-25-14-10-8-12(9-11-14)15(24)20-17-21-16(22-18(23-17)26-2)19-13-6-4-3-5-7-13/h3-11H,1-2H3,(H3,19,20,21,22,23,24,25);2*3-11H,1-2H3,(H2,19,20,21,22,23,24). The van der Waals surface area contributed by atoms with E-state index in [2.05, 4.69) is 82.1 Å². The van der Waals surface area contributed by atoms with Gasteiger partial charge in [0.25, 0.3) is 17.7 Å². The maximum atomic E-state index is 12.4. The molecule has 0 aliphatic rings. The molecule has 396 valence electrons. The number of hydrogen-bond acceptors (Lipinski definition) is 21. The van der Waals surface area contributed by atoms with Crippen LogP contribution in [0.3, 0.4) is 0 Å². The highest BCUT2D eigenvalue weighted by Crippen LogP contribution is 2.21. The van der Waals surface area contributed by atoms with Crippen molar-refractivity contribution in [2.45, 2.75) is 0 Å². The first-order chi connectivity index (χ1) is 38.0. The van der Waals surface area contributed by atoms with E-state index in [4.69, 9.17) is 23.7 Å². The van der Waals surface area contributed by atoms with Crippen LogP contribution in [-0.2, 0) is 0 Å². The van der Waals surface area contributed by atoms with Crippen molar-refractivity contribution < 1.29 is 38.1 Å². The number of aromatic nitrogens is 9. The Hall–Kier alpha value is -11.0. The predicted molar refractivity (Wildman–Crippen MR) is 294 cm³/mol. The van der Waals surface area contributed by atoms with Crippen molar-refractivity contribution in [2.24, 2.45) is 0 Å². The van der Waals surface area contributed by atoms with Gasteiger partial charge in [0.05, 0.1) is 35.5 Å². The minimum atomic E-state index is -0.372. The Morgan fingerprint density at radius 3 is 1.03 bits per heavy atom. The number of benzene rings is 6. The van der Waals surface area contributed by atoms with E-state index in [0.717, 1.165) is 17.1 Å². The number of rotatable bonds is 18. The van der Waals surface area contributed by atoms with Gasteiger partial charge < -0.3 is 45.0 Å². The summed E-state index contributed by atoms with van der Waals surface area (Å²) in [6, 6.07) is 48.7. The fourth-order valence-electron chi connectivity index (χ4n) is 6.44. The largest absolute Gasteiger partial charge is 0.497 e. The molecule has 24 heteroatoms. The maximum absolute atomic E-state index is 12.4. The molecule has 0 spiro atoms. The smallest absolute Gasteiger partial charge is 0.322 e. The van der Waals surface area contributed by atoms with Gasteiger partial charge in [0.15, 0.2) is 0 Å². The molecule has 7 N–H and O–H groups in total. The second-order valence-electron chi connectivity index (χ2n) is 15.5. The molecule has 78 heavy (non-hydrogen) atoms. The summed E-state index contributed by atoms with van der Waals surface area (Å²) in [7, 11) is 9.24. The molecular weight excluding hydrogens is 1000 g/mol. The maximum Gasteiger partial charge on any atom is 0.322 e. The second-order valence-corrected chi connectivity index (χ2v) is 15.5. The van der Waals surface area contributed by atoms with Crippen molar-refractivity contribution in [3.05, 3.63) is 180 Å². The first-order valence-corrected chi connectivity index (χ1v) is 23.4. The zero-order valence-electron chi connectivity index (χ0n) is 42.9. The Labute approximate surface area is 447 Å². The van der Waals surface area contributed by atoms with Gasteiger partial charge in [-0.25, -0.2) is 0 Å². The van der Waals surface area contributed by atoms with Gasteiger partial charge in [-0.1, -0.05) is 60.7 Å². The lowest BCUT2D eigenvalue weighted by molar-refractivity contribution is 0.101. The average Bonchev–Trinajstić information content (AvgIpc) is 3.48. The first kappa shape index (κ1) is 54.7. The van der Waals surface area contributed by atoms with E-state index in [1.165, 1.54) is 21.3 Å². The SMILES string of the molecule is CNc1nc(NC(=O)c2ccc(OC)cc2)nc(Nc2ccccc2)n1.COc1ccc(C(=O)Nc2nc(Nc3ccccc3)nc(OC)n2)cc1.COc1cccc(C(=O)Nc2nc(Nc3ccccc3)nc(OC)n2)c1. The van der Waals surface area contributed by atoms with Crippen LogP contribution in [0.5, 0.6) is 29.3 Å². The third kappa shape index (κ3) is 16.5. The summed E-state index contributed by atoms with van der Waals surface area (Å²) in [4.78, 5) is 74.6. The molecule has 0 unspecified atom stereocenters. The molecule has 0 atom stereocenters. The van der Waals surface area contributed by atoms with E-state index in [9.17, 15) is 14.4 Å². The van der Waals surface area contributed by atoms with Crippen LogP contribution in [0.15, 0.2) is 164 Å². The Morgan fingerprint density at radius 1 is 0.321 bits per heavy atom. The van der Waals surface area contributed by atoms with Crippen LogP contribution < -0.4 is 60.9 Å². The highest BCUT2D eigenvalue weighted by atomic mass is 16.5. The summed E-state index contributed by atoms with van der Waals surface area (Å²) in [6.45, 7) is 0. The van der Waals surface area contributed by atoms with Crippen molar-refractivity contribution >= 4 is 76.4 Å². The van der Waals surface area contributed by atoms with Gasteiger partial charge in [-0.3, -0.25) is 30.3 Å². The Balaban J connectivity index is 0.000000170. The highest BCUT2D eigenvalue weighted by molar-refractivity contribution is 6.04. The molecule has 0 bridgehead atoms. The summed E-state index contributed by atoms with van der Waals surface area (Å²) >= 11 is 0. The molecule has 0 fully saturated rings. The van der Waals surface area contributed by atoms with Crippen LogP contribution in [-0.4, -0.2) is 105 Å². The number of anilines is 10. The number of amides is 3. The van der Waals surface area contributed by atoms with Gasteiger partial charge in [-0.15, -0.1) is 0 Å². The summed E-state index contributed by atoms with van der Waals surface area (Å²) < 4.78 is 25.5. The summed E-state index contributed by atoms with van der Waals surface area (Å²) in [5, 5.41) is 19.9. The van der Waals surface area contributed by atoms with Crippen LogP contribution in [0.25, 0.3) is 0 Å². The zero-order valence-corrected chi connectivity index (χ0v) is 42.9. The monoisotopic (exact) mass is 1050 g/mol. The van der Waals surface area contributed by atoms with E-state index in [-0.39, 0.29) is 59.5 Å². The van der Waals surface area contributed by atoms with Gasteiger partial charge >= 0.3 is 12.0 Å². The fourth-order valence-corrected chi connectivity index (χ4v) is 6.44. The van der Waals surface area contributed by atoms with Crippen LogP contribution in [0.1, 0.15) is 31.1 Å². The van der Waals surface area contributed by atoms with Crippen molar-refractivity contribution in [3.8, 4) is 29.3 Å². The number of carbonyl (C=O) groups excluding carboxylic acids is 3. The quantitative estimate of drug-likeness (QED) is 0.0423. The van der Waals surface area contributed by atoms with Crippen LogP contribution in [0.4, 0.5) is 58.7 Å². The van der Waals surface area contributed by atoms with Crippen molar-refractivity contribution in [1.29, 1.82) is 0 Å². The molecule has 3 amide bonds. The molecule has 0 aliphatic heterocycles. The molecule has 0 aliphatic carbocycles. The molecule has 24 nitrogen and oxygen atoms in total. The Kier molecular flexibility index (Phi) is 19.5. The number of carbonyl (C=O) groups is 3. The normalized spacial score (nSPS) is 10.1. The molecule has 3 aromatic heterocycles. The van der Waals surface area contributed by atoms with Gasteiger partial charge in [0.2, 0.25) is 41.6 Å². The first-order valence-electron chi connectivity index (χ1n) is 23.4. The number of hydrogen-bond donors (Lipinski definition) is 7. The Bertz CT molecular complexity index is 3240. The van der Waals surface area contributed by atoms with E-state index in [0.29, 0.717) is 45.8 Å². The zero-order chi connectivity index (χ0) is 55.1. The summed E-state index contributed by atoms with van der Waals surface area (Å²) in [5.41, 5.74) is 3.76. The molecule has 3 heterocycles. The highest BCUT2D eigenvalue weighted by Gasteiger charge is 2.16. The van der Waals surface area contributed by atoms with E-state index in [1.807, 2.05) is 91.0 Å². The van der Waals surface area contributed by atoms with Crippen LogP contribution in [0, 0.1) is 0 Å². The molecule has 9 rings (SSSR count). The lowest BCUT2D eigenvalue weighted by atomic mass is 10.2. The lowest BCUT2D eigenvalue weighted by Crippen LogP contribution is -2.16. The molecule has 0 saturated heterocycles. The third-order valence-corrected chi connectivity index (χ3v) is 10.3. The molecular formula is C54H52N16O8. The predicted octanol–water partition coefficient (Wildman–Crippen LogP) is 8.69. The lowest BCUT2D eigenvalue weighted by Gasteiger charge is -2.09. The van der Waals surface area contributed by atoms with E-state index >= 15 is 0 Å². The number of methoxy groups -OCH3 is 5. The minimum absolute atomic E-state index is 0.0723. The second kappa shape index (κ2) is 27.9. The van der Waals surface area contributed by atoms with Gasteiger partial charge in [0.1, 0.15) is 17.2 Å².